The van der Waals surface area contributed by atoms with Crippen molar-refractivity contribution in [2.24, 2.45) is 0 Å². The van der Waals surface area contributed by atoms with Crippen LogP contribution < -0.4 is 4.90 Å². The Bertz CT molecular complexity index is 986. The van der Waals surface area contributed by atoms with Crippen molar-refractivity contribution in [1.82, 2.24) is 19.8 Å². The van der Waals surface area contributed by atoms with E-state index in [1.54, 1.807) is 0 Å². The standard InChI is InChI=1S/C22H30ClN5O4/c1-22(2,3)32-21(29)28-14-4-5-15(28)12-26(11-14)13-16-10-17-18(31-16)19(25-20(23)24-17)27-6-8-30-9-7-27/h10,14-15H,4-9,11-13H2,1-3H3. The molecule has 2 aromatic rings. The van der Waals surface area contributed by atoms with Gasteiger partial charge in [0, 0.05) is 44.3 Å². The lowest BCUT2D eigenvalue weighted by Crippen LogP contribution is -2.56. The average Bonchev–Trinajstić information content (AvgIpc) is 3.24. The number of morpholine rings is 1. The van der Waals surface area contributed by atoms with Crippen molar-refractivity contribution in [3.63, 3.8) is 0 Å². The number of fused-ring (bicyclic) bond motifs is 3. The molecule has 0 radical (unpaired) electrons. The summed E-state index contributed by atoms with van der Waals surface area (Å²) in [6, 6.07) is 2.30. The molecule has 0 spiro atoms. The van der Waals surface area contributed by atoms with E-state index in [0.29, 0.717) is 25.3 Å². The van der Waals surface area contributed by atoms with Crippen LogP contribution >= 0.6 is 11.6 Å². The molecule has 10 heteroatoms. The molecule has 2 aromatic heterocycles. The van der Waals surface area contributed by atoms with Gasteiger partial charge in [0.15, 0.2) is 11.4 Å². The Balaban J connectivity index is 1.31. The van der Waals surface area contributed by atoms with Gasteiger partial charge in [-0.2, -0.15) is 4.98 Å². The van der Waals surface area contributed by atoms with Crippen molar-refractivity contribution in [2.45, 2.75) is 57.8 Å². The second kappa shape index (κ2) is 8.35. The number of carbonyl (C=O) groups is 1. The Labute approximate surface area is 192 Å². The Hall–Kier alpha value is -2.10. The van der Waals surface area contributed by atoms with Crippen molar-refractivity contribution >= 4 is 34.6 Å². The fraction of sp³-hybridized carbons (Fsp3) is 0.682. The van der Waals surface area contributed by atoms with E-state index in [2.05, 4.69) is 19.8 Å². The van der Waals surface area contributed by atoms with Gasteiger partial charge in [-0.15, -0.1) is 0 Å². The zero-order chi connectivity index (χ0) is 22.5. The van der Waals surface area contributed by atoms with Crippen LogP contribution in [0.1, 0.15) is 39.4 Å². The Morgan fingerprint density at radius 1 is 1.19 bits per heavy atom. The molecule has 5 rings (SSSR count). The molecular weight excluding hydrogens is 434 g/mol. The van der Waals surface area contributed by atoms with E-state index in [-0.39, 0.29) is 23.5 Å². The van der Waals surface area contributed by atoms with Gasteiger partial charge < -0.3 is 18.8 Å². The second-order valence-electron chi connectivity index (χ2n) is 9.81. The summed E-state index contributed by atoms with van der Waals surface area (Å²) >= 11 is 6.20. The fourth-order valence-electron chi connectivity index (χ4n) is 4.96. The van der Waals surface area contributed by atoms with Crippen molar-refractivity contribution < 1.29 is 18.7 Å². The number of piperazine rings is 1. The molecule has 174 valence electrons. The minimum Gasteiger partial charge on any atom is -0.454 e. The quantitative estimate of drug-likeness (QED) is 0.641. The van der Waals surface area contributed by atoms with Crippen LogP contribution in [-0.2, 0) is 16.0 Å². The molecule has 2 bridgehead atoms. The fourth-order valence-corrected chi connectivity index (χ4v) is 5.13. The first-order chi connectivity index (χ1) is 15.3. The highest BCUT2D eigenvalue weighted by atomic mass is 35.5. The number of likely N-dealkylation sites (tertiary alicyclic amines) is 1. The molecule has 3 fully saturated rings. The molecule has 2 atom stereocenters. The highest BCUT2D eigenvalue weighted by molar-refractivity contribution is 6.28. The minimum absolute atomic E-state index is 0.172. The van der Waals surface area contributed by atoms with Gasteiger partial charge in [-0.05, 0) is 45.2 Å². The maximum atomic E-state index is 12.7. The third-order valence-electron chi connectivity index (χ3n) is 6.23. The lowest BCUT2D eigenvalue weighted by Gasteiger charge is -2.41. The number of ether oxygens (including phenoxy) is 2. The molecule has 9 nitrogen and oxygen atoms in total. The number of aromatic nitrogens is 2. The van der Waals surface area contributed by atoms with Crippen LogP contribution in [0.2, 0.25) is 5.28 Å². The molecule has 0 aromatic carbocycles. The summed E-state index contributed by atoms with van der Waals surface area (Å²) in [5.74, 6) is 1.56. The van der Waals surface area contributed by atoms with Crippen LogP contribution in [0.25, 0.3) is 11.1 Å². The van der Waals surface area contributed by atoms with Gasteiger partial charge in [0.05, 0.1) is 19.8 Å². The van der Waals surface area contributed by atoms with E-state index >= 15 is 0 Å². The molecule has 2 unspecified atom stereocenters. The van der Waals surface area contributed by atoms with Gasteiger partial charge in [0.2, 0.25) is 5.28 Å². The highest BCUT2D eigenvalue weighted by Crippen LogP contribution is 2.34. The number of furan rings is 1. The van der Waals surface area contributed by atoms with Crippen LogP contribution in [0, 0.1) is 0 Å². The normalized spacial score (nSPS) is 24.4. The first-order valence-corrected chi connectivity index (χ1v) is 11.7. The first kappa shape index (κ1) is 21.7. The number of anilines is 1. The Kier molecular flexibility index (Phi) is 5.67. The maximum Gasteiger partial charge on any atom is 0.410 e. The van der Waals surface area contributed by atoms with Crippen molar-refractivity contribution in [3.05, 3.63) is 17.1 Å². The van der Waals surface area contributed by atoms with Crippen LogP contribution in [0.5, 0.6) is 0 Å². The summed E-state index contributed by atoms with van der Waals surface area (Å²) in [5, 5.41) is 0.218. The lowest BCUT2D eigenvalue weighted by atomic mass is 10.2. The maximum absolute atomic E-state index is 12.7. The summed E-state index contributed by atoms with van der Waals surface area (Å²) in [5.41, 5.74) is 0.904. The Morgan fingerprint density at radius 3 is 2.53 bits per heavy atom. The van der Waals surface area contributed by atoms with Crippen molar-refractivity contribution in [3.8, 4) is 0 Å². The second-order valence-corrected chi connectivity index (χ2v) is 10.1. The molecule has 3 aliphatic heterocycles. The summed E-state index contributed by atoms with van der Waals surface area (Å²) in [4.78, 5) is 27.9. The van der Waals surface area contributed by atoms with E-state index in [0.717, 1.165) is 56.1 Å². The van der Waals surface area contributed by atoms with Gasteiger partial charge in [-0.1, -0.05) is 0 Å². The third-order valence-corrected chi connectivity index (χ3v) is 6.40. The van der Waals surface area contributed by atoms with E-state index in [4.69, 9.17) is 25.5 Å². The largest absolute Gasteiger partial charge is 0.454 e. The molecule has 0 N–H and O–H groups in total. The predicted molar refractivity (Wildman–Crippen MR) is 120 cm³/mol. The molecule has 0 aliphatic carbocycles. The highest BCUT2D eigenvalue weighted by Gasteiger charge is 2.44. The molecule has 0 saturated carbocycles. The Morgan fingerprint density at radius 2 is 1.88 bits per heavy atom. The molecule has 3 aliphatic rings. The van der Waals surface area contributed by atoms with Crippen LogP contribution in [0.15, 0.2) is 10.5 Å². The third kappa shape index (κ3) is 4.38. The van der Waals surface area contributed by atoms with Crippen LogP contribution in [0.4, 0.5) is 10.6 Å². The van der Waals surface area contributed by atoms with Gasteiger partial charge in [-0.3, -0.25) is 9.80 Å². The number of amides is 1. The van der Waals surface area contributed by atoms with Crippen LogP contribution in [-0.4, -0.2) is 82.9 Å². The molecule has 32 heavy (non-hydrogen) atoms. The monoisotopic (exact) mass is 463 g/mol. The first-order valence-electron chi connectivity index (χ1n) is 11.3. The van der Waals surface area contributed by atoms with Gasteiger partial charge in [0.25, 0.3) is 0 Å². The number of carbonyl (C=O) groups excluding carboxylic acids is 1. The predicted octanol–water partition coefficient (Wildman–Crippen LogP) is 3.30. The molecule has 5 heterocycles. The summed E-state index contributed by atoms with van der Waals surface area (Å²) in [6.07, 6.45) is 1.81. The number of nitrogens with zero attached hydrogens (tertiary/aromatic N) is 5. The number of halogens is 1. The minimum atomic E-state index is -0.484. The zero-order valence-corrected chi connectivity index (χ0v) is 19.6. The van der Waals surface area contributed by atoms with Crippen molar-refractivity contribution in [1.29, 1.82) is 0 Å². The van der Waals surface area contributed by atoms with Crippen molar-refractivity contribution in [2.75, 3.05) is 44.3 Å². The summed E-state index contributed by atoms with van der Waals surface area (Å²) in [7, 11) is 0. The van der Waals surface area contributed by atoms with Gasteiger partial charge in [-0.25, -0.2) is 9.78 Å². The van der Waals surface area contributed by atoms with E-state index < -0.39 is 5.60 Å². The SMILES string of the molecule is CC(C)(C)OC(=O)N1C2CCC1CN(Cc1cc3nc(Cl)nc(N4CCOCC4)c3o1)C2. The summed E-state index contributed by atoms with van der Waals surface area (Å²) < 4.78 is 17.3. The average molecular weight is 464 g/mol. The van der Waals surface area contributed by atoms with E-state index in [9.17, 15) is 4.79 Å². The smallest absolute Gasteiger partial charge is 0.410 e. The molecule has 3 saturated heterocycles. The van der Waals surface area contributed by atoms with E-state index in [1.165, 1.54) is 0 Å². The van der Waals surface area contributed by atoms with Crippen LogP contribution in [0.3, 0.4) is 0 Å². The molecule has 1 amide bonds. The number of hydrogen-bond donors (Lipinski definition) is 0. The molecular formula is C22H30ClN5O4. The lowest BCUT2D eigenvalue weighted by molar-refractivity contribution is -0.00608. The van der Waals surface area contributed by atoms with Gasteiger partial charge in [0.1, 0.15) is 16.9 Å². The number of hydrogen-bond acceptors (Lipinski definition) is 8. The van der Waals surface area contributed by atoms with Gasteiger partial charge >= 0.3 is 6.09 Å². The topological polar surface area (TPSA) is 84.2 Å². The zero-order valence-electron chi connectivity index (χ0n) is 18.8. The summed E-state index contributed by atoms with van der Waals surface area (Å²) in [6.45, 7) is 10.8. The number of rotatable bonds is 3. The van der Waals surface area contributed by atoms with E-state index in [1.807, 2.05) is 31.7 Å².